The number of ether oxygens (including phenoxy) is 2. The molecule has 0 amide bonds. The van der Waals surface area contributed by atoms with Gasteiger partial charge < -0.3 is 14.6 Å². The summed E-state index contributed by atoms with van der Waals surface area (Å²) < 4.78 is 9.41. The van der Waals surface area contributed by atoms with E-state index in [0.717, 1.165) is 0 Å². The van der Waals surface area contributed by atoms with Gasteiger partial charge in [0.25, 0.3) is 0 Å². The molecule has 0 bridgehead atoms. The van der Waals surface area contributed by atoms with Crippen molar-refractivity contribution in [2.45, 2.75) is 26.7 Å². The first-order chi connectivity index (χ1) is 9.33. The van der Waals surface area contributed by atoms with Crippen LogP contribution in [0.25, 0.3) is 0 Å². The van der Waals surface area contributed by atoms with Crippen LogP contribution in [0.2, 0.25) is 0 Å². The van der Waals surface area contributed by atoms with Gasteiger partial charge in [0, 0.05) is 12.0 Å². The second-order valence-corrected chi connectivity index (χ2v) is 4.64. The molecule has 1 fully saturated rings. The molecule has 0 aromatic heterocycles. The van der Waals surface area contributed by atoms with Crippen molar-refractivity contribution >= 4 is 17.9 Å². The van der Waals surface area contributed by atoms with Crippen LogP contribution in [-0.2, 0) is 23.9 Å². The van der Waals surface area contributed by atoms with Gasteiger partial charge in [-0.05, 0) is 31.4 Å². The van der Waals surface area contributed by atoms with Gasteiger partial charge in [-0.2, -0.15) is 0 Å². The van der Waals surface area contributed by atoms with Crippen molar-refractivity contribution in [1.29, 1.82) is 0 Å². The third-order valence-corrected chi connectivity index (χ3v) is 3.63. The van der Waals surface area contributed by atoms with Crippen LogP contribution in [0.1, 0.15) is 26.7 Å². The van der Waals surface area contributed by atoms with Gasteiger partial charge in [-0.15, -0.1) is 0 Å². The summed E-state index contributed by atoms with van der Waals surface area (Å²) >= 11 is 0. The molecule has 1 aliphatic rings. The molecular formula is C14H18O6. The molecule has 1 N–H and O–H groups in total. The van der Waals surface area contributed by atoms with E-state index in [1.54, 1.807) is 13.0 Å². The van der Waals surface area contributed by atoms with Gasteiger partial charge >= 0.3 is 17.9 Å². The molecule has 6 heteroatoms. The number of carbonyl (C=O) groups is 3. The van der Waals surface area contributed by atoms with Gasteiger partial charge in [0.05, 0.1) is 14.2 Å². The second kappa shape index (κ2) is 5.90. The molecule has 0 aromatic rings. The number of carboxylic acids is 1. The van der Waals surface area contributed by atoms with Crippen LogP contribution in [-0.4, -0.2) is 37.2 Å². The monoisotopic (exact) mass is 282 g/mol. The number of rotatable bonds is 3. The van der Waals surface area contributed by atoms with Crippen molar-refractivity contribution in [3.63, 3.8) is 0 Å². The highest BCUT2D eigenvalue weighted by Crippen LogP contribution is 2.47. The van der Waals surface area contributed by atoms with Crippen LogP contribution < -0.4 is 0 Å². The normalized spacial score (nSPS) is 21.5. The molecule has 0 unspecified atom stereocenters. The van der Waals surface area contributed by atoms with Crippen LogP contribution in [0.15, 0.2) is 22.8 Å². The van der Waals surface area contributed by atoms with E-state index in [2.05, 4.69) is 0 Å². The molecule has 0 aromatic carbocycles. The van der Waals surface area contributed by atoms with Crippen LogP contribution in [0.3, 0.4) is 0 Å². The molecule has 6 nitrogen and oxygen atoms in total. The molecule has 110 valence electrons. The Hall–Kier alpha value is -2.11. The van der Waals surface area contributed by atoms with Crippen molar-refractivity contribution in [2.24, 2.45) is 5.41 Å². The minimum atomic E-state index is -1.49. The van der Waals surface area contributed by atoms with Gasteiger partial charge in [-0.3, -0.25) is 9.59 Å². The van der Waals surface area contributed by atoms with Crippen LogP contribution in [0.5, 0.6) is 0 Å². The van der Waals surface area contributed by atoms with E-state index in [0.29, 0.717) is 11.1 Å². The van der Waals surface area contributed by atoms with E-state index in [1.165, 1.54) is 21.1 Å². The summed E-state index contributed by atoms with van der Waals surface area (Å²) in [6.07, 6.45) is 1.77. The Morgan fingerprint density at radius 1 is 1.15 bits per heavy atom. The summed E-state index contributed by atoms with van der Waals surface area (Å²) in [6, 6.07) is 0. The topological polar surface area (TPSA) is 89.9 Å². The van der Waals surface area contributed by atoms with Crippen LogP contribution in [0.4, 0.5) is 0 Å². The highest BCUT2D eigenvalue weighted by atomic mass is 16.5. The Morgan fingerprint density at radius 2 is 1.65 bits per heavy atom. The van der Waals surface area contributed by atoms with E-state index >= 15 is 0 Å². The Kier molecular flexibility index (Phi) is 4.70. The fraction of sp³-hybridized carbons (Fsp3) is 0.500. The van der Waals surface area contributed by atoms with E-state index in [-0.39, 0.29) is 18.4 Å². The molecule has 0 heterocycles. The average molecular weight is 282 g/mol. The SMILES string of the molecule is C/C=C1\CC(C(=O)OC)(C(=O)OC)C\C1=C(\C)C(=O)O. The smallest absolute Gasteiger partial charge is 0.331 e. The Bertz CT molecular complexity index is 496. The van der Waals surface area contributed by atoms with Crippen LogP contribution >= 0.6 is 0 Å². The fourth-order valence-electron chi connectivity index (χ4n) is 2.45. The number of allylic oxidation sites excluding steroid dienone is 3. The molecule has 1 saturated carbocycles. The first-order valence-electron chi connectivity index (χ1n) is 6.09. The molecule has 0 atom stereocenters. The zero-order chi connectivity index (χ0) is 15.5. The summed E-state index contributed by atoms with van der Waals surface area (Å²) in [5.74, 6) is -2.50. The van der Waals surface area contributed by atoms with Crippen molar-refractivity contribution in [1.82, 2.24) is 0 Å². The van der Waals surface area contributed by atoms with E-state index in [9.17, 15) is 14.4 Å². The standard InChI is InChI=1S/C14H18O6/c1-5-9-6-14(12(17)19-3,13(18)20-4)7-10(9)8(2)11(15)16/h5H,6-7H2,1-4H3,(H,15,16)/b9-5+,10-8+. The maximum Gasteiger partial charge on any atom is 0.331 e. The largest absolute Gasteiger partial charge is 0.478 e. The molecule has 0 saturated heterocycles. The molecular weight excluding hydrogens is 264 g/mol. The minimum Gasteiger partial charge on any atom is -0.478 e. The van der Waals surface area contributed by atoms with Gasteiger partial charge in [-0.25, -0.2) is 4.79 Å². The number of carboxylic acid groups (broad SMARTS) is 1. The second-order valence-electron chi connectivity index (χ2n) is 4.64. The number of methoxy groups -OCH3 is 2. The summed E-state index contributed by atoms with van der Waals surface area (Å²) in [5.41, 5.74) is -0.235. The molecule has 1 rings (SSSR count). The van der Waals surface area contributed by atoms with Crippen LogP contribution in [0, 0.1) is 5.41 Å². The molecule has 20 heavy (non-hydrogen) atoms. The maximum absolute atomic E-state index is 12.0. The predicted molar refractivity (Wildman–Crippen MR) is 69.8 cm³/mol. The lowest BCUT2D eigenvalue weighted by Crippen LogP contribution is -2.38. The number of hydrogen-bond donors (Lipinski definition) is 1. The average Bonchev–Trinajstić information content (AvgIpc) is 2.85. The number of aliphatic carboxylic acids is 1. The van der Waals surface area contributed by atoms with E-state index < -0.39 is 23.3 Å². The molecule has 0 spiro atoms. The zero-order valence-electron chi connectivity index (χ0n) is 12.0. The summed E-state index contributed by atoms with van der Waals surface area (Å²) in [5, 5.41) is 9.10. The zero-order valence-corrected chi connectivity index (χ0v) is 12.0. The first-order valence-corrected chi connectivity index (χ1v) is 6.09. The molecule has 0 radical (unpaired) electrons. The quantitative estimate of drug-likeness (QED) is 0.479. The summed E-state index contributed by atoms with van der Waals surface area (Å²) in [4.78, 5) is 35.2. The van der Waals surface area contributed by atoms with E-state index in [1.807, 2.05) is 0 Å². The number of esters is 2. The molecule has 1 aliphatic carbocycles. The van der Waals surface area contributed by atoms with Crippen molar-refractivity contribution < 1.29 is 29.0 Å². The van der Waals surface area contributed by atoms with Crippen molar-refractivity contribution in [3.05, 3.63) is 22.8 Å². The van der Waals surface area contributed by atoms with Crippen molar-refractivity contribution in [3.8, 4) is 0 Å². The van der Waals surface area contributed by atoms with Crippen molar-refractivity contribution in [2.75, 3.05) is 14.2 Å². The Labute approximate surface area is 117 Å². The van der Waals surface area contributed by atoms with Gasteiger partial charge in [0.2, 0.25) is 0 Å². The summed E-state index contributed by atoms with van der Waals surface area (Å²) in [6.45, 7) is 3.18. The fourth-order valence-corrected chi connectivity index (χ4v) is 2.45. The van der Waals surface area contributed by atoms with Gasteiger partial charge in [0.1, 0.15) is 0 Å². The predicted octanol–water partition coefficient (Wildman–Crippen LogP) is 1.46. The summed E-state index contributed by atoms with van der Waals surface area (Å²) in [7, 11) is 2.38. The number of hydrogen-bond acceptors (Lipinski definition) is 5. The lowest BCUT2D eigenvalue weighted by molar-refractivity contribution is -0.168. The maximum atomic E-state index is 12.0. The lowest BCUT2D eigenvalue weighted by atomic mass is 9.85. The third-order valence-electron chi connectivity index (χ3n) is 3.63. The lowest BCUT2D eigenvalue weighted by Gasteiger charge is -2.21. The Morgan fingerprint density at radius 3 is 2.00 bits per heavy atom. The minimum absolute atomic E-state index is 0.0237. The third kappa shape index (κ3) is 2.45. The highest BCUT2D eigenvalue weighted by molar-refractivity contribution is 6.02. The van der Waals surface area contributed by atoms with E-state index in [4.69, 9.17) is 14.6 Å². The van der Waals surface area contributed by atoms with Gasteiger partial charge in [-0.1, -0.05) is 6.08 Å². The first kappa shape index (κ1) is 15.9. The Balaban J connectivity index is 3.41. The van der Waals surface area contributed by atoms with Gasteiger partial charge in [0.15, 0.2) is 5.41 Å². The molecule has 0 aliphatic heterocycles. The number of carbonyl (C=O) groups excluding carboxylic acids is 2. The highest BCUT2D eigenvalue weighted by Gasteiger charge is 2.54.